The summed E-state index contributed by atoms with van der Waals surface area (Å²) in [6.07, 6.45) is 0.774. The van der Waals surface area contributed by atoms with E-state index >= 15 is 0 Å². The molecular formula is C12H15ClN2O5S. The van der Waals surface area contributed by atoms with Gasteiger partial charge < -0.3 is 16.2 Å². The minimum absolute atomic E-state index is 0.139. The van der Waals surface area contributed by atoms with Crippen LogP contribution in [0.1, 0.15) is 16.8 Å². The summed E-state index contributed by atoms with van der Waals surface area (Å²) in [7, 11) is -3.32. The highest BCUT2D eigenvalue weighted by molar-refractivity contribution is 7.90. The van der Waals surface area contributed by atoms with Crippen molar-refractivity contribution in [3.63, 3.8) is 0 Å². The van der Waals surface area contributed by atoms with Gasteiger partial charge in [0.15, 0.2) is 0 Å². The number of carboxylic acid groups (broad SMARTS) is 1. The molecule has 0 bridgehead atoms. The van der Waals surface area contributed by atoms with E-state index in [9.17, 15) is 18.0 Å². The van der Waals surface area contributed by atoms with Gasteiger partial charge in [0, 0.05) is 11.8 Å². The number of amides is 1. The first kappa shape index (κ1) is 17.3. The third kappa shape index (κ3) is 5.60. The molecule has 1 aromatic carbocycles. The van der Waals surface area contributed by atoms with Crippen LogP contribution in [0.25, 0.3) is 0 Å². The number of nitrogen functional groups attached to an aromatic ring is 1. The lowest BCUT2D eigenvalue weighted by molar-refractivity contribution is -0.139. The zero-order valence-electron chi connectivity index (χ0n) is 11.2. The molecule has 0 saturated carbocycles. The number of benzene rings is 1. The van der Waals surface area contributed by atoms with Crippen LogP contribution in [0.15, 0.2) is 18.2 Å². The Bertz CT molecular complexity index is 660. The van der Waals surface area contributed by atoms with Gasteiger partial charge >= 0.3 is 5.97 Å². The van der Waals surface area contributed by atoms with Crippen LogP contribution in [0.3, 0.4) is 0 Å². The Morgan fingerprint density at radius 2 is 2.05 bits per heavy atom. The Balaban J connectivity index is 2.81. The van der Waals surface area contributed by atoms with Crippen molar-refractivity contribution in [2.75, 3.05) is 17.7 Å². The third-order valence-electron chi connectivity index (χ3n) is 2.64. The number of aliphatic carboxylic acids is 1. The number of sulfone groups is 1. The average molecular weight is 335 g/mol. The third-order valence-corrected chi connectivity index (χ3v) is 3.95. The molecule has 0 aliphatic heterocycles. The Morgan fingerprint density at radius 3 is 2.52 bits per heavy atom. The zero-order valence-corrected chi connectivity index (χ0v) is 12.7. The van der Waals surface area contributed by atoms with Gasteiger partial charge in [0.2, 0.25) is 0 Å². The minimum atomic E-state index is -3.32. The predicted molar refractivity (Wildman–Crippen MR) is 79.1 cm³/mol. The number of carbonyl (C=O) groups is 2. The molecule has 1 rings (SSSR count). The smallest absolute Gasteiger partial charge is 0.326 e. The van der Waals surface area contributed by atoms with Gasteiger partial charge in [0.1, 0.15) is 15.9 Å². The van der Waals surface area contributed by atoms with E-state index in [1.54, 1.807) is 0 Å². The first-order valence-electron chi connectivity index (χ1n) is 5.86. The number of nitrogens with two attached hydrogens (primary N) is 1. The van der Waals surface area contributed by atoms with Gasteiger partial charge in [-0.2, -0.15) is 0 Å². The second-order valence-electron chi connectivity index (χ2n) is 4.52. The lowest BCUT2D eigenvalue weighted by Gasteiger charge is -2.14. The quantitative estimate of drug-likeness (QED) is 0.652. The van der Waals surface area contributed by atoms with Crippen LogP contribution in [0.4, 0.5) is 5.69 Å². The molecule has 0 radical (unpaired) electrons. The average Bonchev–Trinajstić information content (AvgIpc) is 2.36. The largest absolute Gasteiger partial charge is 0.480 e. The fraction of sp³-hybridized carbons (Fsp3) is 0.333. The number of hydrogen-bond donors (Lipinski definition) is 3. The van der Waals surface area contributed by atoms with Gasteiger partial charge in [-0.1, -0.05) is 11.6 Å². The summed E-state index contributed by atoms with van der Waals surface area (Å²) in [5, 5.41) is 11.4. The molecule has 1 unspecified atom stereocenters. The van der Waals surface area contributed by atoms with Gasteiger partial charge in [-0.05, 0) is 24.6 Å². The van der Waals surface area contributed by atoms with Crippen LogP contribution in [0, 0.1) is 0 Å². The van der Waals surface area contributed by atoms with Crippen molar-refractivity contribution in [3.05, 3.63) is 28.8 Å². The number of hydrogen-bond acceptors (Lipinski definition) is 5. The van der Waals surface area contributed by atoms with E-state index in [0.717, 1.165) is 6.26 Å². The number of carbonyl (C=O) groups excluding carboxylic acids is 1. The number of rotatable bonds is 6. The topological polar surface area (TPSA) is 127 Å². The van der Waals surface area contributed by atoms with Crippen LogP contribution in [0.5, 0.6) is 0 Å². The Kier molecular flexibility index (Phi) is 5.56. The first-order chi connectivity index (χ1) is 9.60. The number of anilines is 1. The number of halogens is 1. The van der Waals surface area contributed by atoms with Gasteiger partial charge in [0.25, 0.3) is 5.91 Å². The van der Waals surface area contributed by atoms with Gasteiger partial charge in [-0.15, -0.1) is 0 Å². The lowest BCUT2D eigenvalue weighted by Crippen LogP contribution is -2.41. The highest BCUT2D eigenvalue weighted by Crippen LogP contribution is 2.19. The Labute approximate surface area is 127 Å². The summed E-state index contributed by atoms with van der Waals surface area (Å²) in [5.41, 5.74) is 5.94. The zero-order chi connectivity index (χ0) is 16.2. The van der Waals surface area contributed by atoms with Gasteiger partial charge in [0.05, 0.1) is 16.5 Å². The molecule has 4 N–H and O–H groups in total. The van der Waals surface area contributed by atoms with Crippen molar-refractivity contribution < 1.29 is 23.1 Å². The molecule has 0 spiro atoms. The van der Waals surface area contributed by atoms with Crippen molar-refractivity contribution >= 4 is 39.0 Å². The van der Waals surface area contributed by atoms with E-state index in [0.29, 0.717) is 5.69 Å². The van der Waals surface area contributed by atoms with E-state index in [1.165, 1.54) is 18.2 Å². The molecule has 21 heavy (non-hydrogen) atoms. The summed E-state index contributed by atoms with van der Waals surface area (Å²) in [6, 6.07) is 2.82. The molecule has 116 valence electrons. The molecule has 0 heterocycles. The van der Waals surface area contributed by atoms with Crippen LogP contribution < -0.4 is 11.1 Å². The summed E-state index contributed by atoms with van der Waals surface area (Å²) in [6.45, 7) is 0. The van der Waals surface area contributed by atoms with E-state index < -0.39 is 27.8 Å². The summed E-state index contributed by atoms with van der Waals surface area (Å²) < 4.78 is 22.1. The van der Waals surface area contributed by atoms with Crippen molar-refractivity contribution in [1.82, 2.24) is 5.32 Å². The minimum Gasteiger partial charge on any atom is -0.480 e. The van der Waals surface area contributed by atoms with Crippen molar-refractivity contribution in [2.24, 2.45) is 0 Å². The van der Waals surface area contributed by atoms with E-state index in [2.05, 4.69) is 5.32 Å². The molecule has 0 aliphatic carbocycles. The lowest BCUT2D eigenvalue weighted by atomic mass is 10.1. The highest BCUT2D eigenvalue weighted by atomic mass is 35.5. The first-order valence-corrected chi connectivity index (χ1v) is 8.30. The number of carboxylic acids is 1. The van der Waals surface area contributed by atoms with Crippen LogP contribution >= 0.6 is 11.6 Å². The fourth-order valence-corrected chi connectivity index (χ4v) is 2.34. The summed E-state index contributed by atoms with van der Waals surface area (Å²) >= 11 is 5.78. The van der Waals surface area contributed by atoms with Gasteiger partial charge in [-0.25, -0.2) is 13.2 Å². The van der Waals surface area contributed by atoms with Crippen LogP contribution in [-0.2, 0) is 14.6 Å². The maximum Gasteiger partial charge on any atom is 0.326 e. The molecule has 1 aromatic rings. The Hall–Kier alpha value is -1.80. The Morgan fingerprint density at radius 1 is 1.43 bits per heavy atom. The van der Waals surface area contributed by atoms with Crippen molar-refractivity contribution in [3.8, 4) is 0 Å². The van der Waals surface area contributed by atoms with Crippen molar-refractivity contribution in [1.29, 1.82) is 0 Å². The normalized spacial score (nSPS) is 12.7. The molecule has 0 aromatic heterocycles. The molecule has 0 fully saturated rings. The molecular weight excluding hydrogens is 320 g/mol. The maximum atomic E-state index is 11.9. The van der Waals surface area contributed by atoms with E-state index in [4.69, 9.17) is 22.4 Å². The molecule has 0 aliphatic rings. The van der Waals surface area contributed by atoms with Gasteiger partial charge in [-0.3, -0.25) is 4.79 Å². The van der Waals surface area contributed by atoms with Crippen LogP contribution in [-0.4, -0.2) is 43.5 Å². The predicted octanol–water partition coefficient (Wildman–Crippen LogP) is 0.540. The standard InChI is InChI=1S/C12H15ClN2O5S/c1-21(19,20)5-4-10(12(17)18)15-11(16)7-2-3-9(14)8(13)6-7/h2-3,6,10H,4-5,14H2,1H3,(H,15,16)(H,17,18). The fourth-order valence-electron chi connectivity index (χ4n) is 1.50. The highest BCUT2D eigenvalue weighted by Gasteiger charge is 2.22. The molecule has 1 amide bonds. The van der Waals surface area contributed by atoms with E-state index in [-0.39, 0.29) is 22.8 Å². The SMILES string of the molecule is CS(=O)(=O)CCC(NC(=O)c1ccc(N)c(Cl)c1)C(=O)O. The second kappa shape index (κ2) is 6.77. The summed E-state index contributed by atoms with van der Waals surface area (Å²) in [5.74, 6) is -2.32. The van der Waals surface area contributed by atoms with Crippen LogP contribution in [0.2, 0.25) is 5.02 Å². The second-order valence-corrected chi connectivity index (χ2v) is 7.19. The van der Waals surface area contributed by atoms with E-state index in [1.807, 2.05) is 0 Å². The molecule has 1 atom stereocenters. The maximum absolute atomic E-state index is 11.9. The molecule has 7 nitrogen and oxygen atoms in total. The molecule has 9 heteroatoms. The summed E-state index contributed by atoms with van der Waals surface area (Å²) in [4.78, 5) is 23.0. The molecule has 0 saturated heterocycles. The van der Waals surface area contributed by atoms with Crippen molar-refractivity contribution in [2.45, 2.75) is 12.5 Å². The monoisotopic (exact) mass is 334 g/mol. The number of nitrogens with one attached hydrogen (secondary N) is 1.